The number of nitrogens with zero attached hydrogens (tertiary/aromatic N) is 3. The van der Waals surface area contributed by atoms with Crippen LogP contribution < -0.4 is 30.6 Å². The Morgan fingerprint density at radius 1 is 0.724 bits per heavy atom. The molecule has 0 aromatic heterocycles. The van der Waals surface area contributed by atoms with Gasteiger partial charge >= 0.3 is 0 Å². The van der Waals surface area contributed by atoms with Crippen LogP contribution in [0.3, 0.4) is 0 Å². The Kier molecular flexibility index (Phi) is 13.2. The number of unbranched alkanes of at least 4 members (excludes halogenated alkanes) is 5. The number of nitrogens with two attached hydrogens (primary N) is 1. The van der Waals surface area contributed by atoms with Gasteiger partial charge in [-0.3, -0.25) is 0 Å². The second-order valence-corrected chi connectivity index (χ2v) is 15.5. The van der Waals surface area contributed by atoms with Gasteiger partial charge in [-0.25, -0.2) is 9.98 Å². The molecule has 0 radical (unpaired) electrons. The van der Waals surface area contributed by atoms with Crippen molar-refractivity contribution >= 4 is 45.2 Å². The normalized spacial score (nSPS) is 13.6. The quantitative estimate of drug-likeness (QED) is 0.0470. The number of nitrogens with one attached hydrogen (secondary N) is 2. The number of para-hydroxylation sites is 2. The third kappa shape index (κ3) is 9.93. The standard InChI is InChI=1S/C43H47N5O2.C7H9N/c1-28-17-18-40-35(21-28)46-36-22-29(2)33(25-41(36)49-40)44-19-13-8-6-7-9-14-20-45-34-26-42-37(23-30(34)3)47-38-24-31(4)39(27-43(38)50-42)48(5)32-15-11-10-12-16-32;1-8-7-5-3-2-4-6-7/h10-12,15-16,18,21-27,44H,6-9,13-14,17,19-20H2,1-5H3;2-6,8H,1H3/p+2. The van der Waals surface area contributed by atoms with Crippen molar-refractivity contribution in [2.45, 2.75) is 72.6 Å². The number of aromatic nitrogens is 1. The first-order valence-electron chi connectivity index (χ1n) is 20.8. The molecular weight excluding hydrogens is 717 g/mol. The molecule has 0 saturated heterocycles. The third-order valence-electron chi connectivity index (χ3n) is 10.9. The van der Waals surface area contributed by atoms with Crippen LogP contribution >= 0.6 is 0 Å². The number of fused-ring (bicyclic) bond motifs is 4. The number of anilines is 2. The molecule has 0 spiro atoms. The molecule has 2 heterocycles. The van der Waals surface area contributed by atoms with Crippen LogP contribution in [0.4, 0.5) is 28.4 Å². The first kappa shape index (κ1) is 40.2. The van der Waals surface area contributed by atoms with Crippen molar-refractivity contribution in [1.29, 1.82) is 0 Å². The van der Waals surface area contributed by atoms with E-state index in [-0.39, 0.29) is 0 Å². The second kappa shape index (κ2) is 19.0. The number of allylic oxidation sites excluding steroid dienone is 3. The predicted octanol–water partition coefficient (Wildman–Crippen LogP) is 10.7. The first-order valence-corrected chi connectivity index (χ1v) is 20.8. The van der Waals surface area contributed by atoms with Crippen LogP contribution in [-0.4, -0.2) is 37.9 Å². The molecule has 8 rings (SSSR count). The zero-order valence-corrected chi connectivity index (χ0v) is 35.0. The summed E-state index contributed by atoms with van der Waals surface area (Å²) in [5.74, 6) is 2.50. The Morgan fingerprint density at radius 2 is 1.38 bits per heavy atom. The van der Waals surface area contributed by atoms with Crippen LogP contribution in [0.2, 0.25) is 0 Å². The number of ether oxygens (including phenoxy) is 1. The maximum absolute atomic E-state index is 6.45. The van der Waals surface area contributed by atoms with Crippen molar-refractivity contribution < 1.29 is 14.5 Å². The SMILES string of the molecule is CC1=CC2=Nc3cc(C)c(NCCCCCCCCNc4cc5oc6cc(=[N+](C)c7ccccc7)c(C)cc-6nc5cc4C)cc3OC2=CC1.C[NH2+]c1ccccc1. The molecule has 4 aromatic rings. The number of rotatable bonds is 13. The molecule has 0 atom stereocenters. The lowest BCUT2D eigenvalue weighted by Crippen LogP contribution is -2.72. The van der Waals surface area contributed by atoms with E-state index in [0.29, 0.717) is 0 Å². The maximum Gasteiger partial charge on any atom is 0.212 e. The summed E-state index contributed by atoms with van der Waals surface area (Å²) in [5.41, 5.74) is 13.9. The highest BCUT2D eigenvalue weighted by Crippen LogP contribution is 2.39. The van der Waals surface area contributed by atoms with Gasteiger partial charge in [0.1, 0.15) is 41.1 Å². The summed E-state index contributed by atoms with van der Waals surface area (Å²) in [5, 5.41) is 10.5. The lowest BCUT2D eigenvalue weighted by molar-refractivity contribution is -0.539. The highest BCUT2D eigenvalue weighted by Gasteiger charge is 2.21. The van der Waals surface area contributed by atoms with Crippen LogP contribution in [-0.2, 0) is 0 Å². The molecule has 2 aliphatic carbocycles. The van der Waals surface area contributed by atoms with Crippen molar-refractivity contribution in [3.63, 3.8) is 0 Å². The van der Waals surface area contributed by atoms with Crippen LogP contribution in [0.5, 0.6) is 5.75 Å². The molecule has 0 bridgehead atoms. The number of quaternary nitrogens is 1. The fraction of sp³-hybridized carbons (Fsp3) is 0.300. The molecule has 8 nitrogen and oxygen atoms in total. The lowest BCUT2D eigenvalue weighted by Gasteiger charge is -2.22. The smallest absolute Gasteiger partial charge is 0.212 e. The minimum Gasteiger partial charge on any atom is -0.453 e. The van der Waals surface area contributed by atoms with E-state index in [4.69, 9.17) is 19.1 Å². The maximum atomic E-state index is 6.45. The van der Waals surface area contributed by atoms with Crippen molar-refractivity contribution in [1.82, 2.24) is 9.56 Å². The van der Waals surface area contributed by atoms with Crippen molar-refractivity contribution in [3.8, 4) is 17.2 Å². The van der Waals surface area contributed by atoms with Crippen LogP contribution in [0.25, 0.3) is 22.6 Å². The zero-order valence-electron chi connectivity index (χ0n) is 35.0. The topological polar surface area (TPSA) is 91.3 Å². The fourth-order valence-electron chi connectivity index (χ4n) is 7.50. The Hall–Kier alpha value is -5.99. The Bertz CT molecular complexity index is 2500. The van der Waals surface area contributed by atoms with Gasteiger partial charge in [0.25, 0.3) is 0 Å². The minimum absolute atomic E-state index is 0.788. The molecule has 4 aliphatic rings. The fourth-order valence-corrected chi connectivity index (χ4v) is 7.50. The summed E-state index contributed by atoms with van der Waals surface area (Å²) < 4.78 is 14.8. The molecule has 8 heteroatoms. The first-order chi connectivity index (χ1) is 28.2. The number of hydrogen-bond acceptors (Lipinski definition) is 6. The number of aryl methyl sites for hydroxylation is 3. The summed E-state index contributed by atoms with van der Waals surface area (Å²) in [6, 6.07) is 33.3. The van der Waals surface area contributed by atoms with Gasteiger partial charge in [0.2, 0.25) is 11.0 Å². The summed E-state index contributed by atoms with van der Waals surface area (Å²) in [7, 11) is 4.13. The van der Waals surface area contributed by atoms with Gasteiger partial charge in [-0.05, 0) is 101 Å². The van der Waals surface area contributed by atoms with Crippen LogP contribution in [0.15, 0.2) is 130 Å². The lowest BCUT2D eigenvalue weighted by atomic mass is 10.0. The van der Waals surface area contributed by atoms with Crippen LogP contribution in [0.1, 0.15) is 68.6 Å². The largest absolute Gasteiger partial charge is 0.453 e. The highest BCUT2D eigenvalue weighted by atomic mass is 16.5. The summed E-state index contributed by atoms with van der Waals surface area (Å²) in [4.78, 5) is 9.80. The van der Waals surface area contributed by atoms with E-state index < -0.39 is 0 Å². The minimum atomic E-state index is 0.788. The van der Waals surface area contributed by atoms with Crippen LogP contribution in [0, 0.1) is 20.8 Å². The van der Waals surface area contributed by atoms with E-state index in [2.05, 4.69) is 140 Å². The second-order valence-electron chi connectivity index (χ2n) is 15.5. The van der Waals surface area contributed by atoms with Gasteiger partial charge in [-0.2, -0.15) is 4.58 Å². The molecule has 298 valence electrons. The Balaban J connectivity index is 0.000000573. The summed E-state index contributed by atoms with van der Waals surface area (Å²) in [6.07, 6.45) is 12.4. The molecule has 0 unspecified atom stereocenters. The zero-order chi connectivity index (χ0) is 40.4. The predicted molar refractivity (Wildman–Crippen MR) is 241 cm³/mol. The summed E-state index contributed by atoms with van der Waals surface area (Å²) >= 11 is 0. The molecule has 58 heavy (non-hydrogen) atoms. The third-order valence-corrected chi connectivity index (χ3v) is 10.9. The van der Waals surface area contributed by atoms with E-state index in [1.807, 2.05) is 31.3 Å². The molecule has 2 aliphatic heterocycles. The van der Waals surface area contributed by atoms with E-state index in [1.165, 1.54) is 48.1 Å². The van der Waals surface area contributed by atoms with Gasteiger partial charge in [0.05, 0.1) is 13.1 Å². The highest BCUT2D eigenvalue weighted by molar-refractivity contribution is 6.11. The summed E-state index contributed by atoms with van der Waals surface area (Å²) in [6.45, 7) is 10.4. The van der Waals surface area contributed by atoms with Crippen molar-refractivity contribution in [3.05, 3.63) is 143 Å². The Morgan fingerprint density at radius 3 is 2.07 bits per heavy atom. The van der Waals surface area contributed by atoms with Gasteiger partial charge < -0.3 is 25.1 Å². The van der Waals surface area contributed by atoms with E-state index in [9.17, 15) is 0 Å². The Labute approximate surface area is 343 Å². The van der Waals surface area contributed by atoms with Gasteiger partial charge in [0.15, 0.2) is 17.1 Å². The number of aliphatic imine (C=N–C) groups is 1. The molecule has 0 amide bonds. The van der Waals surface area contributed by atoms with Crippen molar-refractivity contribution in [2.24, 2.45) is 4.99 Å². The van der Waals surface area contributed by atoms with Crippen molar-refractivity contribution in [2.75, 3.05) is 37.8 Å². The van der Waals surface area contributed by atoms with Gasteiger partial charge in [-0.1, -0.05) is 67.7 Å². The molecule has 0 saturated carbocycles. The molecular formula is C50H58N6O2+2. The number of hydrogen-bond donors (Lipinski definition) is 3. The van der Waals surface area contributed by atoms with Gasteiger partial charge in [0, 0.05) is 54.3 Å². The average Bonchev–Trinajstić information content (AvgIpc) is 3.23. The van der Waals surface area contributed by atoms with E-state index in [0.717, 1.165) is 106 Å². The molecule has 4 N–H and O–H groups in total. The molecule has 0 fully saturated rings. The van der Waals surface area contributed by atoms with E-state index >= 15 is 0 Å². The van der Waals surface area contributed by atoms with E-state index in [1.54, 1.807) is 0 Å². The number of benzene rings is 5. The van der Waals surface area contributed by atoms with Gasteiger partial charge in [-0.15, -0.1) is 0 Å². The average molecular weight is 775 g/mol. The monoisotopic (exact) mass is 774 g/mol. The molecule has 4 aromatic carbocycles.